The van der Waals surface area contributed by atoms with E-state index in [0.29, 0.717) is 12.5 Å². The van der Waals surface area contributed by atoms with Gasteiger partial charge in [0.25, 0.3) is 0 Å². The van der Waals surface area contributed by atoms with E-state index in [-0.39, 0.29) is 17.7 Å². The number of pyridine rings is 1. The topological polar surface area (TPSA) is 58.5 Å². The molecular formula is C19H25FN4O. The fourth-order valence-electron chi connectivity index (χ4n) is 2.21. The molecule has 0 radical (unpaired) electrons. The minimum atomic E-state index is -0.362. The number of nitrogens with one attached hydrogen (secondary N) is 2. The van der Waals surface area contributed by atoms with Crippen molar-refractivity contribution in [3.63, 3.8) is 0 Å². The molecule has 1 unspecified atom stereocenters. The van der Waals surface area contributed by atoms with Crippen LogP contribution in [0.3, 0.4) is 0 Å². The smallest absolute Gasteiger partial charge is 0.191 e. The summed E-state index contributed by atoms with van der Waals surface area (Å²) in [5, 5.41) is 6.46. The Morgan fingerprint density at radius 3 is 2.72 bits per heavy atom. The number of ether oxygens (including phenoxy) is 1. The van der Waals surface area contributed by atoms with E-state index in [0.717, 1.165) is 25.2 Å². The molecule has 25 heavy (non-hydrogen) atoms. The normalized spacial score (nSPS) is 12.5. The van der Waals surface area contributed by atoms with Crippen LogP contribution in [0.2, 0.25) is 0 Å². The van der Waals surface area contributed by atoms with Gasteiger partial charge in [-0.15, -0.1) is 0 Å². The van der Waals surface area contributed by atoms with Gasteiger partial charge < -0.3 is 15.4 Å². The van der Waals surface area contributed by atoms with E-state index in [1.165, 1.54) is 6.07 Å². The van der Waals surface area contributed by atoms with Gasteiger partial charge in [0.05, 0.1) is 6.54 Å². The van der Waals surface area contributed by atoms with E-state index in [1.807, 2.05) is 32.0 Å². The average molecular weight is 344 g/mol. The van der Waals surface area contributed by atoms with Crippen molar-refractivity contribution in [3.8, 4) is 5.75 Å². The molecule has 5 nitrogen and oxygen atoms in total. The largest absolute Gasteiger partial charge is 0.486 e. The van der Waals surface area contributed by atoms with Crippen molar-refractivity contribution >= 4 is 5.96 Å². The fraction of sp³-hybridized carbons (Fsp3) is 0.368. The monoisotopic (exact) mass is 344 g/mol. The van der Waals surface area contributed by atoms with Crippen LogP contribution in [-0.2, 0) is 6.42 Å². The molecule has 1 atom stereocenters. The standard InChI is InChI=1S/C19H25FN4O/c1-3-21-19(23-13-11-16-8-6-7-12-22-16)24-14-15(2)25-18-10-5-4-9-17(18)20/h4-10,12,15H,3,11,13-14H2,1-2H3,(H2,21,23,24). The zero-order valence-corrected chi connectivity index (χ0v) is 14.7. The van der Waals surface area contributed by atoms with E-state index >= 15 is 0 Å². The maximum atomic E-state index is 13.6. The van der Waals surface area contributed by atoms with Crippen molar-refractivity contribution < 1.29 is 9.13 Å². The molecule has 0 amide bonds. The summed E-state index contributed by atoms with van der Waals surface area (Å²) >= 11 is 0. The summed E-state index contributed by atoms with van der Waals surface area (Å²) in [4.78, 5) is 8.79. The van der Waals surface area contributed by atoms with Crippen molar-refractivity contribution in [1.29, 1.82) is 0 Å². The van der Waals surface area contributed by atoms with Crippen LogP contribution in [0.15, 0.2) is 53.7 Å². The Bertz CT molecular complexity index is 663. The first-order valence-electron chi connectivity index (χ1n) is 8.52. The Balaban J connectivity index is 1.82. The van der Waals surface area contributed by atoms with Crippen molar-refractivity contribution in [2.45, 2.75) is 26.4 Å². The molecule has 0 aliphatic carbocycles. The van der Waals surface area contributed by atoms with E-state index in [2.05, 4.69) is 20.6 Å². The molecule has 0 saturated carbocycles. The van der Waals surface area contributed by atoms with Crippen LogP contribution in [-0.4, -0.2) is 36.7 Å². The summed E-state index contributed by atoms with van der Waals surface area (Å²) < 4.78 is 19.2. The Hall–Kier alpha value is -2.63. The summed E-state index contributed by atoms with van der Waals surface area (Å²) in [6.45, 7) is 5.79. The summed E-state index contributed by atoms with van der Waals surface area (Å²) in [7, 11) is 0. The number of benzene rings is 1. The van der Waals surface area contributed by atoms with Gasteiger partial charge in [0.1, 0.15) is 6.10 Å². The van der Waals surface area contributed by atoms with Gasteiger partial charge in [-0.3, -0.25) is 4.98 Å². The summed E-state index contributed by atoms with van der Waals surface area (Å²) in [6, 6.07) is 12.3. The van der Waals surface area contributed by atoms with Crippen LogP contribution in [0.5, 0.6) is 5.75 Å². The number of aliphatic imine (C=N–C) groups is 1. The zero-order valence-electron chi connectivity index (χ0n) is 14.7. The Morgan fingerprint density at radius 1 is 1.20 bits per heavy atom. The molecule has 0 saturated heterocycles. The molecule has 1 aromatic heterocycles. The molecular weight excluding hydrogens is 319 g/mol. The Kier molecular flexibility index (Phi) is 7.69. The maximum absolute atomic E-state index is 13.6. The van der Waals surface area contributed by atoms with Gasteiger partial charge in [0.2, 0.25) is 0 Å². The quantitative estimate of drug-likeness (QED) is 0.571. The Morgan fingerprint density at radius 2 is 2.00 bits per heavy atom. The van der Waals surface area contributed by atoms with Crippen LogP contribution in [0.25, 0.3) is 0 Å². The molecule has 2 aromatic rings. The zero-order chi connectivity index (χ0) is 17.9. The minimum absolute atomic E-state index is 0.233. The van der Waals surface area contributed by atoms with Gasteiger partial charge in [-0.1, -0.05) is 18.2 Å². The van der Waals surface area contributed by atoms with Gasteiger partial charge in [0.15, 0.2) is 17.5 Å². The molecule has 134 valence electrons. The molecule has 1 heterocycles. The first-order chi connectivity index (χ1) is 12.2. The number of halogens is 1. The molecule has 0 bridgehead atoms. The van der Waals surface area contributed by atoms with Gasteiger partial charge in [-0.05, 0) is 38.1 Å². The number of nitrogens with zero attached hydrogens (tertiary/aromatic N) is 2. The van der Waals surface area contributed by atoms with E-state index < -0.39 is 0 Å². The number of hydrogen-bond donors (Lipinski definition) is 2. The molecule has 0 aliphatic heterocycles. The van der Waals surface area contributed by atoms with Gasteiger partial charge in [-0.2, -0.15) is 0 Å². The van der Waals surface area contributed by atoms with Crippen molar-refractivity contribution in [3.05, 3.63) is 60.2 Å². The van der Waals surface area contributed by atoms with Gasteiger partial charge >= 0.3 is 0 Å². The van der Waals surface area contributed by atoms with Crippen LogP contribution in [0.4, 0.5) is 4.39 Å². The van der Waals surface area contributed by atoms with Crippen LogP contribution < -0.4 is 15.4 Å². The van der Waals surface area contributed by atoms with E-state index in [9.17, 15) is 4.39 Å². The molecule has 0 aliphatic rings. The second-order valence-electron chi connectivity index (χ2n) is 5.58. The molecule has 1 aromatic carbocycles. The van der Waals surface area contributed by atoms with Gasteiger partial charge in [0, 0.05) is 31.4 Å². The highest BCUT2D eigenvalue weighted by molar-refractivity contribution is 5.79. The molecule has 0 spiro atoms. The maximum Gasteiger partial charge on any atom is 0.191 e. The first kappa shape index (κ1) is 18.7. The third kappa shape index (κ3) is 6.79. The SMILES string of the molecule is CCNC(=NCC(C)Oc1ccccc1F)NCCc1ccccn1. The van der Waals surface area contributed by atoms with Crippen molar-refractivity contribution in [2.24, 2.45) is 4.99 Å². The lowest BCUT2D eigenvalue weighted by atomic mass is 10.3. The first-order valence-corrected chi connectivity index (χ1v) is 8.52. The predicted molar refractivity (Wildman–Crippen MR) is 98.4 cm³/mol. The molecule has 0 fully saturated rings. The number of guanidine groups is 1. The highest BCUT2D eigenvalue weighted by Crippen LogP contribution is 2.16. The third-order valence-corrected chi connectivity index (χ3v) is 3.42. The number of aromatic nitrogens is 1. The second kappa shape index (κ2) is 10.3. The second-order valence-corrected chi connectivity index (χ2v) is 5.58. The van der Waals surface area contributed by atoms with Gasteiger partial charge in [-0.25, -0.2) is 9.38 Å². The lowest BCUT2D eigenvalue weighted by Crippen LogP contribution is -2.39. The fourth-order valence-corrected chi connectivity index (χ4v) is 2.21. The van der Waals surface area contributed by atoms with E-state index in [4.69, 9.17) is 4.74 Å². The lowest BCUT2D eigenvalue weighted by molar-refractivity contribution is 0.220. The predicted octanol–water partition coefficient (Wildman–Crippen LogP) is 2.79. The van der Waals surface area contributed by atoms with Crippen molar-refractivity contribution in [1.82, 2.24) is 15.6 Å². The average Bonchev–Trinajstić information content (AvgIpc) is 2.62. The highest BCUT2D eigenvalue weighted by atomic mass is 19.1. The number of rotatable bonds is 8. The lowest BCUT2D eigenvalue weighted by Gasteiger charge is -2.15. The molecule has 6 heteroatoms. The number of para-hydroxylation sites is 1. The van der Waals surface area contributed by atoms with Crippen LogP contribution in [0, 0.1) is 5.82 Å². The minimum Gasteiger partial charge on any atom is -0.486 e. The van der Waals surface area contributed by atoms with Crippen LogP contribution in [0.1, 0.15) is 19.5 Å². The summed E-state index contributed by atoms with van der Waals surface area (Å²) in [5.74, 6) is 0.597. The summed E-state index contributed by atoms with van der Waals surface area (Å²) in [5.41, 5.74) is 1.03. The molecule has 2 rings (SSSR count). The third-order valence-electron chi connectivity index (χ3n) is 3.42. The molecule has 2 N–H and O–H groups in total. The highest BCUT2D eigenvalue weighted by Gasteiger charge is 2.08. The van der Waals surface area contributed by atoms with Crippen LogP contribution >= 0.6 is 0 Å². The number of hydrogen-bond acceptors (Lipinski definition) is 3. The summed E-state index contributed by atoms with van der Waals surface area (Å²) in [6.07, 6.45) is 2.37. The van der Waals surface area contributed by atoms with Crippen molar-refractivity contribution in [2.75, 3.05) is 19.6 Å². The van der Waals surface area contributed by atoms with E-state index in [1.54, 1.807) is 24.4 Å². The Labute approximate surface area is 148 Å².